The molecule has 0 saturated carbocycles. The molecule has 0 saturated heterocycles. The molecule has 0 radical (unpaired) electrons. The van der Waals surface area contributed by atoms with Crippen molar-refractivity contribution in [3.63, 3.8) is 0 Å². The van der Waals surface area contributed by atoms with Gasteiger partial charge in [0.05, 0.1) is 6.10 Å². The van der Waals surface area contributed by atoms with E-state index in [4.69, 9.17) is 9.66 Å². The van der Waals surface area contributed by atoms with E-state index < -0.39 is 21.5 Å². The smallest absolute Gasteiger partial charge is 0.270 e. The number of unbranched alkanes of at least 4 members (excludes halogenated alkanes) is 2. The van der Waals surface area contributed by atoms with Crippen molar-refractivity contribution in [2.75, 3.05) is 0 Å². The van der Waals surface area contributed by atoms with E-state index in [1.54, 1.807) is 0 Å². The highest BCUT2D eigenvalue weighted by Gasteiger charge is 2.27. The lowest BCUT2D eigenvalue weighted by molar-refractivity contribution is 0.179. The Bertz CT molecular complexity index is 220. The monoisotopic (exact) mass is 210 g/mol. The summed E-state index contributed by atoms with van der Waals surface area (Å²) in [5, 5.41) is 8.08. The van der Waals surface area contributed by atoms with E-state index in [1.165, 1.54) is 6.92 Å². The highest BCUT2D eigenvalue weighted by Crippen LogP contribution is 2.13. The summed E-state index contributed by atoms with van der Waals surface area (Å²) in [4.78, 5) is 0. The second kappa shape index (κ2) is 5.57. The van der Waals surface area contributed by atoms with Gasteiger partial charge >= 0.3 is 0 Å². The van der Waals surface area contributed by atoms with Crippen LogP contribution in [0.25, 0.3) is 0 Å². The zero-order valence-corrected chi connectivity index (χ0v) is 8.92. The Morgan fingerprint density at radius 3 is 2.15 bits per heavy atom. The SMILES string of the molecule is CCCCCC(C(C)O)S(=O)(=O)O. The Morgan fingerprint density at radius 1 is 1.31 bits per heavy atom. The molecule has 0 spiro atoms. The number of aliphatic hydroxyl groups is 1. The Kier molecular flexibility index (Phi) is 5.51. The summed E-state index contributed by atoms with van der Waals surface area (Å²) in [5.41, 5.74) is 0. The van der Waals surface area contributed by atoms with Crippen molar-refractivity contribution in [3.05, 3.63) is 0 Å². The molecule has 0 aromatic rings. The van der Waals surface area contributed by atoms with Gasteiger partial charge in [0, 0.05) is 0 Å². The number of rotatable bonds is 6. The summed E-state index contributed by atoms with van der Waals surface area (Å²) < 4.78 is 30.3. The second-order valence-corrected chi connectivity index (χ2v) is 4.93. The van der Waals surface area contributed by atoms with Crippen molar-refractivity contribution in [2.24, 2.45) is 0 Å². The van der Waals surface area contributed by atoms with E-state index in [-0.39, 0.29) is 0 Å². The molecule has 13 heavy (non-hydrogen) atoms. The maximum atomic E-state index is 10.8. The van der Waals surface area contributed by atoms with Gasteiger partial charge in [-0.25, -0.2) is 0 Å². The zero-order valence-electron chi connectivity index (χ0n) is 8.10. The molecule has 0 aliphatic carbocycles. The molecular weight excluding hydrogens is 192 g/mol. The third kappa shape index (κ3) is 5.23. The van der Waals surface area contributed by atoms with Gasteiger partial charge in [0.15, 0.2) is 0 Å². The van der Waals surface area contributed by atoms with Gasteiger partial charge in [-0.05, 0) is 13.3 Å². The zero-order chi connectivity index (χ0) is 10.5. The first-order valence-corrected chi connectivity index (χ1v) is 6.04. The lowest BCUT2D eigenvalue weighted by atomic mass is 10.1. The molecular formula is C8H18O4S. The summed E-state index contributed by atoms with van der Waals surface area (Å²) in [5.74, 6) is 0. The molecule has 80 valence electrons. The van der Waals surface area contributed by atoms with E-state index in [1.807, 2.05) is 6.92 Å². The highest BCUT2D eigenvalue weighted by molar-refractivity contribution is 7.86. The van der Waals surface area contributed by atoms with E-state index in [9.17, 15) is 8.42 Å². The van der Waals surface area contributed by atoms with Crippen LogP contribution < -0.4 is 0 Å². The van der Waals surface area contributed by atoms with Crippen LogP contribution in [0.2, 0.25) is 0 Å². The molecule has 2 N–H and O–H groups in total. The Morgan fingerprint density at radius 2 is 1.85 bits per heavy atom. The van der Waals surface area contributed by atoms with Crippen molar-refractivity contribution >= 4 is 10.1 Å². The first kappa shape index (κ1) is 12.9. The molecule has 2 unspecified atom stereocenters. The van der Waals surface area contributed by atoms with E-state index in [2.05, 4.69) is 0 Å². The van der Waals surface area contributed by atoms with Gasteiger partial charge in [0.2, 0.25) is 0 Å². The van der Waals surface area contributed by atoms with Crippen LogP contribution in [0.1, 0.15) is 39.5 Å². The van der Waals surface area contributed by atoms with Gasteiger partial charge < -0.3 is 5.11 Å². The largest absolute Gasteiger partial charge is 0.392 e. The van der Waals surface area contributed by atoms with Gasteiger partial charge in [-0.1, -0.05) is 26.2 Å². The minimum absolute atomic E-state index is 0.324. The second-order valence-electron chi connectivity index (χ2n) is 3.29. The first-order chi connectivity index (χ1) is 5.89. The fourth-order valence-electron chi connectivity index (χ4n) is 1.23. The van der Waals surface area contributed by atoms with Gasteiger partial charge in [-0.3, -0.25) is 4.55 Å². The Balaban J connectivity index is 4.13. The molecule has 0 rings (SSSR count). The van der Waals surface area contributed by atoms with E-state index in [0.29, 0.717) is 12.8 Å². The van der Waals surface area contributed by atoms with Gasteiger partial charge in [-0.15, -0.1) is 0 Å². The van der Waals surface area contributed by atoms with Gasteiger partial charge in [0.1, 0.15) is 5.25 Å². The molecule has 4 nitrogen and oxygen atoms in total. The van der Waals surface area contributed by atoms with Crippen LogP contribution in [-0.4, -0.2) is 29.4 Å². The predicted octanol–water partition coefficient (Wildman–Crippen LogP) is 1.20. The Hall–Kier alpha value is -0.130. The van der Waals surface area contributed by atoms with Crippen molar-refractivity contribution < 1.29 is 18.1 Å². The summed E-state index contributed by atoms with van der Waals surface area (Å²) in [6.07, 6.45) is 1.93. The molecule has 0 aromatic heterocycles. The average molecular weight is 210 g/mol. The lowest BCUT2D eigenvalue weighted by Crippen LogP contribution is -2.31. The average Bonchev–Trinajstić information content (AvgIpc) is 1.94. The molecule has 0 heterocycles. The number of hydrogen-bond donors (Lipinski definition) is 2. The Labute approximate surface area is 79.7 Å². The van der Waals surface area contributed by atoms with Crippen LogP contribution in [-0.2, 0) is 10.1 Å². The van der Waals surface area contributed by atoms with Crippen LogP contribution in [0.5, 0.6) is 0 Å². The van der Waals surface area contributed by atoms with Crippen molar-refractivity contribution in [1.29, 1.82) is 0 Å². The molecule has 2 atom stereocenters. The lowest BCUT2D eigenvalue weighted by Gasteiger charge is -2.15. The third-order valence-electron chi connectivity index (χ3n) is 2.01. The van der Waals surface area contributed by atoms with Crippen LogP contribution in [0.3, 0.4) is 0 Å². The molecule has 0 bridgehead atoms. The molecule has 0 aliphatic rings. The van der Waals surface area contributed by atoms with Crippen LogP contribution in [0.15, 0.2) is 0 Å². The summed E-state index contributed by atoms with van der Waals surface area (Å²) in [6, 6.07) is 0. The maximum absolute atomic E-state index is 10.8. The summed E-state index contributed by atoms with van der Waals surface area (Å²) >= 11 is 0. The molecule has 0 fully saturated rings. The van der Waals surface area contributed by atoms with Crippen LogP contribution in [0.4, 0.5) is 0 Å². The van der Waals surface area contributed by atoms with E-state index >= 15 is 0 Å². The normalized spacial score (nSPS) is 16.9. The van der Waals surface area contributed by atoms with Gasteiger partial charge in [0.25, 0.3) is 10.1 Å². The highest BCUT2D eigenvalue weighted by atomic mass is 32.2. The molecule has 0 aromatic carbocycles. The topological polar surface area (TPSA) is 74.6 Å². The fraction of sp³-hybridized carbons (Fsp3) is 1.00. The third-order valence-corrected chi connectivity index (χ3v) is 3.41. The molecule has 0 aliphatic heterocycles. The first-order valence-electron chi connectivity index (χ1n) is 4.54. The predicted molar refractivity (Wildman–Crippen MR) is 51.2 cm³/mol. The maximum Gasteiger partial charge on any atom is 0.270 e. The molecule has 5 heteroatoms. The summed E-state index contributed by atoms with van der Waals surface area (Å²) in [7, 11) is -4.09. The van der Waals surface area contributed by atoms with Crippen molar-refractivity contribution in [1.82, 2.24) is 0 Å². The minimum atomic E-state index is -4.09. The van der Waals surface area contributed by atoms with Crippen molar-refractivity contribution in [2.45, 2.75) is 50.9 Å². The standard InChI is InChI=1S/C8H18O4S/c1-3-4-5-6-8(7(2)9)13(10,11)12/h7-9H,3-6H2,1-2H3,(H,10,11,12). The number of hydrogen-bond acceptors (Lipinski definition) is 3. The van der Waals surface area contributed by atoms with Gasteiger partial charge in [-0.2, -0.15) is 8.42 Å². The fourth-order valence-corrected chi connectivity index (χ4v) is 2.20. The summed E-state index contributed by atoms with van der Waals surface area (Å²) in [6.45, 7) is 3.38. The van der Waals surface area contributed by atoms with Crippen LogP contribution in [0, 0.1) is 0 Å². The molecule has 0 amide bonds. The minimum Gasteiger partial charge on any atom is -0.392 e. The van der Waals surface area contributed by atoms with E-state index in [0.717, 1.165) is 12.8 Å². The quantitative estimate of drug-likeness (QED) is 0.510. The van der Waals surface area contributed by atoms with Crippen LogP contribution >= 0.6 is 0 Å². The van der Waals surface area contributed by atoms with Crippen molar-refractivity contribution in [3.8, 4) is 0 Å². The number of aliphatic hydroxyl groups excluding tert-OH is 1.